The lowest BCUT2D eigenvalue weighted by Gasteiger charge is -2.08. The van der Waals surface area contributed by atoms with E-state index in [4.69, 9.17) is 4.52 Å². The van der Waals surface area contributed by atoms with Gasteiger partial charge in [0, 0.05) is 5.69 Å². The SMILES string of the molecule is Cc1ccc(NC(=O)c2cc(C)nc3onc(C)c23)c(F)c1. The molecular weight excluding hydrogens is 285 g/mol. The van der Waals surface area contributed by atoms with Crippen molar-refractivity contribution in [3.05, 3.63) is 52.6 Å². The van der Waals surface area contributed by atoms with Gasteiger partial charge in [-0.2, -0.15) is 0 Å². The number of anilines is 1. The first kappa shape index (κ1) is 14.2. The summed E-state index contributed by atoms with van der Waals surface area (Å²) >= 11 is 0. The highest BCUT2D eigenvalue weighted by Gasteiger charge is 2.18. The molecule has 1 N–H and O–H groups in total. The minimum atomic E-state index is -0.475. The second-order valence-corrected chi connectivity index (χ2v) is 5.20. The van der Waals surface area contributed by atoms with Crippen LogP contribution in [0, 0.1) is 26.6 Å². The van der Waals surface area contributed by atoms with Crippen LogP contribution in [0.1, 0.15) is 27.3 Å². The van der Waals surface area contributed by atoms with Gasteiger partial charge in [0.2, 0.25) is 0 Å². The van der Waals surface area contributed by atoms with Crippen LogP contribution in [0.3, 0.4) is 0 Å². The van der Waals surface area contributed by atoms with Crippen molar-refractivity contribution in [2.45, 2.75) is 20.8 Å². The number of amides is 1. The molecule has 0 aliphatic heterocycles. The van der Waals surface area contributed by atoms with E-state index in [1.54, 1.807) is 32.9 Å². The van der Waals surface area contributed by atoms with Crippen molar-refractivity contribution in [2.75, 3.05) is 5.32 Å². The molecule has 2 aromatic heterocycles. The second kappa shape index (κ2) is 5.22. The number of benzene rings is 1. The molecule has 0 atom stereocenters. The fourth-order valence-corrected chi connectivity index (χ4v) is 2.31. The number of halogens is 1. The molecule has 5 nitrogen and oxygen atoms in total. The fraction of sp³-hybridized carbons (Fsp3) is 0.188. The van der Waals surface area contributed by atoms with E-state index in [0.29, 0.717) is 28.1 Å². The van der Waals surface area contributed by atoms with Crippen molar-refractivity contribution >= 4 is 22.7 Å². The number of pyridine rings is 1. The third kappa shape index (κ3) is 2.43. The average Bonchev–Trinajstić information content (AvgIpc) is 2.82. The number of nitrogens with zero attached hydrogens (tertiary/aromatic N) is 2. The number of carbonyl (C=O) groups excluding carboxylic acids is 1. The van der Waals surface area contributed by atoms with Crippen LogP contribution in [0.2, 0.25) is 0 Å². The van der Waals surface area contributed by atoms with Crippen LogP contribution in [0.4, 0.5) is 10.1 Å². The van der Waals surface area contributed by atoms with Crippen LogP contribution in [0.25, 0.3) is 11.1 Å². The number of fused-ring (bicyclic) bond motifs is 1. The molecule has 0 saturated heterocycles. The molecule has 1 amide bonds. The summed E-state index contributed by atoms with van der Waals surface area (Å²) in [5.41, 5.74) is 2.77. The molecule has 2 heterocycles. The summed E-state index contributed by atoms with van der Waals surface area (Å²) in [5.74, 6) is -0.901. The summed E-state index contributed by atoms with van der Waals surface area (Å²) in [6.45, 7) is 5.26. The Labute approximate surface area is 126 Å². The number of hydrogen-bond acceptors (Lipinski definition) is 4. The zero-order chi connectivity index (χ0) is 15.9. The lowest BCUT2D eigenvalue weighted by Crippen LogP contribution is -2.14. The molecule has 22 heavy (non-hydrogen) atoms. The van der Waals surface area contributed by atoms with Crippen molar-refractivity contribution < 1.29 is 13.7 Å². The fourth-order valence-electron chi connectivity index (χ4n) is 2.31. The molecule has 112 valence electrons. The Morgan fingerprint density at radius 2 is 2.00 bits per heavy atom. The lowest BCUT2D eigenvalue weighted by atomic mass is 10.1. The van der Waals surface area contributed by atoms with Gasteiger partial charge >= 0.3 is 0 Å². The molecule has 0 radical (unpaired) electrons. The van der Waals surface area contributed by atoms with Crippen molar-refractivity contribution in [3.63, 3.8) is 0 Å². The number of rotatable bonds is 2. The number of carbonyl (C=O) groups is 1. The highest BCUT2D eigenvalue weighted by molar-refractivity contribution is 6.12. The molecule has 0 bridgehead atoms. The van der Waals surface area contributed by atoms with Gasteiger partial charge in [-0.05, 0) is 44.5 Å². The Morgan fingerprint density at radius 3 is 2.73 bits per heavy atom. The van der Waals surface area contributed by atoms with Crippen LogP contribution < -0.4 is 5.32 Å². The second-order valence-electron chi connectivity index (χ2n) is 5.20. The van der Waals surface area contributed by atoms with E-state index in [9.17, 15) is 9.18 Å². The summed E-state index contributed by atoms with van der Waals surface area (Å²) in [6.07, 6.45) is 0. The maximum Gasteiger partial charge on any atom is 0.258 e. The third-order valence-corrected chi connectivity index (χ3v) is 3.36. The predicted octanol–water partition coefficient (Wildman–Crippen LogP) is 3.54. The summed E-state index contributed by atoms with van der Waals surface area (Å²) in [6, 6.07) is 6.27. The Morgan fingerprint density at radius 1 is 1.23 bits per heavy atom. The number of nitrogens with one attached hydrogen (secondary N) is 1. The Bertz CT molecular complexity index is 886. The van der Waals surface area contributed by atoms with Gasteiger partial charge in [0.1, 0.15) is 5.82 Å². The van der Waals surface area contributed by atoms with Crippen molar-refractivity contribution in [2.24, 2.45) is 0 Å². The van der Waals surface area contributed by atoms with Gasteiger partial charge in [0.25, 0.3) is 11.6 Å². The molecule has 1 aromatic carbocycles. The zero-order valence-corrected chi connectivity index (χ0v) is 12.4. The quantitative estimate of drug-likeness (QED) is 0.786. The minimum absolute atomic E-state index is 0.132. The van der Waals surface area contributed by atoms with Gasteiger partial charge in [-0.25, -0.2) is 9.37 Å². The smallest absolute Gasteiger partial charge is 0.258 e. The topological polar surface area (TPSA) is 68.0 Å². The first-order valence-electron chi connectivity index (χ1n) is 6.77. The van der Waals surface area contributed by atoms with Crippen molar-refractivity contribution in [3.8, 4) is 0 Å². The van der Waals surface area contributed by atoms with E-state index < -0.39 is 11.7 Å². The molecule has 6 heteroatoms. The van der Waals surface area contributed by atoms with Gasteiger partial charge < -0.3 is 9.84 Å². The van der Waals surface area contributed by atoms with Crippen LogP contribution in [-0.4, -0.2) is 16.0 Å². The van der Waals surface area contributed by atoms with Crippen molar-refractivity contribution in [1.82, 2.24) is 10.1 Å². The van der Waals surface area contributed by atoms with Crippen LogP contribution in [0.5, 0.6) is 0 Å². The molecule has 0 aliphatic carbocycles. The monoisotopic (exact) mass is 299 g/mol. The Balaban J connectivity index is 2.03. The molecule has 3 aromatic rings. The zero-order valence-electron chi connectivity index (χ0n) is 12.4. The van der Waals surface area contributed by atoms with E-state index >= 15 is 0 Å². The summed E-state index contributed by atoms with van der Waals surface area (Å²) < 4.78 is 19.0. The normalized spacial score (nSPS) is 10.9. The van der Waals surface area contributed by atoms with E-state index in [2.05, 4.69) is 15.5 Å². The van der Waals surface area contributed by atoms with Gasteiger partial charge in [0.05, 0.1) is 22.3 Å². The van der Waals surface area contributed by atoms with E-state index in [-0.39, 0.29) is 5.69 Å². The van der Waals surface area contributed by atoms with Gasteiger partial charge in [-0.3, -0.25) is 4.79 Å². The summed E-state index contributed by atoms with van der Waals surface area (Å²) in [5, 5.41) is 6.94. The molecule has 0 spiro atoms. The van der Waals surface area contributed by atoms with Crippen molar-refractivity contribution in [1.29, 1.82) is 0 Å². The minimum Gasteiger partial charge on any atom is -0.336 e. The van der Waals surface area contributed by atoms with Crippen LogP contribution >= 0.6 is 0 Å². The summed E-state index contributed by atoms with van der Waals surface area (Å²) in [7, 11) is 0. The number of aryl methyl sites for hydroxylation is 3. The largest absolute Gasteiger partial charge is 0.336 e. The first-order chi connectivity index (χ1) is 10.5. The van der Waals surface area contributed by atoms with E-state index in [1.807, 2.05) is 0 Å². The van der Waals surface area contributed by atoms with Gasteiger partial charge in [-0.1, -0.05) is 11.2 Å². The molecule has 0 aliphatic rings. The number of aromatic nitrogens is 2. The highest BCUT2D eigenvalue weighted by Crippen LogP contribution is 2.23. The highest BCUT2D eigenvalue weighted by atomic mass is 19.1. The molecular formula is C16H14FN3O2. The Kier molecular flexibility index (Phi) is 3.36. The van der Waals surface area contributed by atoms with E-state index in [0.717, 1.165) is 5.56 Å². The maximum atomic E-state index is 13.9. The molecule has 0 saturated carbocycles. The van der Waals surface area contributed by atoms with E-state index in [1.165, 1.54) is 12.1 Å². The predicted molar refractivity (Wildman–Crippen MR) is 80.4 cm³/mol. The molecule has 0 fully saturated rings. The lowest BCUT2D eigenvalue weighted by molar-refractivity contribution is 0.102. The Hall–Kier alpha value is -2.76. The third-order valence-electron chi connectivity index (χ3n) is 3.36. The van der Waals surface area contributed by atoms with Crippen LogP contribution in [0.15, 0.2) is 28.8 Å². The molecule has 0 unspecified atom stereocenters. The average molecular weight is 299 g/mol. The van der Waals surface area contributed by atoms with Crippen LogP contribution in [-0.2, 0) is 0 Å². The summed E-state index contributed by atoms with van der Waals surface area (Å²) in [4.78, 5) is 16.7. The van der Waals surface area contributed by atoms with Gasteiger partial charge in [0.15, 0.2) is 0 Å². The maximum absolute atomic E-state index is 13.9. The van der Waals surface area contributed by atoms with Gasteiger partial charge in [-0.15, -0.1) is 0 Å². The standard InChI is InChI=1S/C16H14FN3O2/c1-8-4-5-13(12(17)6-8)19-15(21)11-7-9(2)18-16-14(11)10(3)20-22-16/h4-7H,1-3H3,(H,19,21). The molecule has 3 rings (SSSR count). The first-order valence-corrected chi connectivity index (χ1v) is 6.77. The number of hydrogen-bond donors (Lipinski definition) is 1.